The molecule has 2 N–H and O–H groups in total. The van der Waals surface area contributed by atoms with Gasteiger partial charge in [-0.3, -0.25) is 4.79 Å². The molecule has 20 heavy (non-hydrogen) atoms. The number of benzene rings is 2. The Morgan fingerprint density at radius 3 is 2.75 bits per heavy atom. The lowest BCUT2D eigenvalue weighted by molar-refractivity contribution is 0.0952. The Morgan fingerprint density at radius 1 is 1.25 bits per heavy atom. The van der Waals surface area contributed by atoms with Crippen LogP contribution in [0.25, 0.3) is 0 Å². The van der Waals surface area contributed by atoms with Crippen molar-refractivity contribution in [2.24, 2.45) is 5.10 Å². The Hall–Kier alpha value is -2.14. The molecular formula is C15H13BrN2O2. The number of hydrogen-bond acceptors (Lipinski definition) is 3. The molecule has 2 rings (SSSR count). The highest BCUT2D eigenvalue weighted by molar-refractivity contribution is 9.10. The van der Waals surface area contributed by atoms with Gasteiger partial charge in [-0.1, -0.05) is 46.3 Å². The van der Waals surface area contributed by atoms with Crippen molar-refractivity contribution >= 4 is 28.1 Å². The summed E-state index contributed by atoms with van der Waals surface area (Å²) in [6, 6.07) is 12.5. The fourth-order valence-corrected chi connectivity index (χ4v) is 2.03. The van der Waals surface area contributed by atoms with Gasteiger partial charge in [0.05, 0.1) is 11.8 Å². The van der Waals surface area contributed by atoms with Gasteiger partial charge < -0.3 is 5.11 Å². The largest absolute Gasteiger partial charge is 0.507 e. The third-order valence-electron chi connectivity index (χ3n) is 2.76. The van der Waals surface area contributed by atoms with E-state index in [4.69, 9.17) is 0 Å². The zero-order valence-electron chi connectivity index (χ0n) is 10.8. The minimum absolute atomic E-state index is 0.0268. The van der Waals surface area contributed by atoms with E-state index in [0.717, 1.165) is 10.0 Å². The summed E-state index contributed by atoms with van der Waals surface area (Å²) in [6.45, 7) is 1.73. The van der Waals surface area contributed by atoms with E-state index in [2.05, 4.69) is 26.5 Å². The van der Waals surface area contributed by atoms with Crippen molar-refractivity contribution in [1.82, 2.24) is 5.43 Å². The van der Waals surface area contributed by atoms with E-state index < -0.39 is 5.91 Å². The average molecular weight is 333 g/mol. The predicted molar refractivity (Wildman–Crippen MR) is 82.0 cm³/mol. The molecular weight excluding hydrogens is 320 g/mol. The number of para-hydroxylation sites is 1. The van der Waals surface area contributed by atoms with Gasteiger partial charge in [-0.15, -0.1) is 0 Å². The molecule has 0 bridgehead atoms. The normalized spacial score (nSPS) is 10.7. The van der Waals surface area contributed by atoms with E-state index in [1.165, 1.54) is 6.21 Å². The predicted octanol–water partition coefficient (Wildman–Crippen LogP) is 3.23. The Kier molecular flexibility index (Phi) is 4.53. The van der Waals surface area contributed by atoms with Gasteiger partial charge in [-0.2, -0.15) is 5.10 Å². The molecule has 0 radical (unpaired) electrons. The topological polar surface area (TPSA) is 61.7 Å². The first-order chi connectivity index (χ1) is 9.59. The molecule has 0 spiro atoms. The SMILES string of the molecule is Cc1cccc(C(=O)N/N=C\c2ccccc2Br)c1O. The summed E-state index contributed by atoms with van der Waals surface area (Å²) in [7, 11) is 0. The van der Waals surface area contributed by atoms with Crippen LogP contribution >= 0.6 is 15.9 Å². The number of nitrogens with one attached hydrogen (secondary N) is 1. The van der Waals surface area contributed by atoms with E-state index in [1.54, 1.807) is 25.1 Å². The van der Waals surface area contributed by atoms with Crippen molar-refractivity contribution in [3.63, 3.8) is 0 Å². The Labute approximate surface area is 125 Å². The second kappa shape index (κ2) is 6.34. The van der Waals surface area contributed by atoms with E-state index in [0.29, 0.717) is 5.56 Å². The van der Waals surface area contributed by atoms with Crippen molar-refractivity contribution < 1.29 is 9.90 Å². The van der Waals surface area contributed by atoms with Crippen molar-refractivity contribution in [2.75, 3.05) is 0 Å². The average Bonchev–Trinajstić information content (AvgIpc) is 2.44. The van der Waals surface area contributed by atoms with Crippen LogP contribution in [0.4, 0.5) is 0 Å². The number of rotatable bonds is 3. The number of nitrogens with zero attached hydrogens (tertiary/aromatic N) is 1. The maximum atomic E-state index is 11.9. The first-order valence-electron chi connectivity index (χ1n) is 5.96. The lowest BCUT2D eigenvalue weighted by Gasteiger charge is -2.05. The van der Waals surface area contributed by atoms with Gasteiger partial charge >= 0.3 is 0 Å². The molecule has 2 aromatic carbocycles. The Balaban J connectivity index is 2.10. The fourth-order valence-electron chi connectivity index (χ4n) is 1.64. The number of carbonyl (C=O) groups is 1. The van der Waals surface area contributed by atoms with Crippen LogP contribution in [-0.4, -0.2) is 17.2 Å². The smallest absolute Gasteiger partial charge is 0.275 e. The zero-order chi connectivity index (χ0) is 14.5. The standard InChI is InChI=1S/C15H13BrN2O2/c1-10-5-4-7-12(14(10)19)15(20)18-17-9-11-6-2-3-8-13(11)16/h2-9,19H,1H3,(H,18,20)/b17-9-. The van der Waals surface area contributed by atoms with Crippen LogP contribution in [0.15, 0.2) is 52.0 Å². The van der Waals surface area contributed by atoms with Crippen LogP contribution in [0.2, 0.25) is 0 Å². The van der Waals surface area contributed by atoms with E-state index in [-0.39, 0.29) is 11.3 Å². The number of amides is 1. The second-order valence-corrected chi connectivity index (χ2v) is 5.05. The molecule has 0 heterocycles. The van der Waals surface area contributed by atoms with E-state index in [1.807, 2.05) is 24.3 Å². The molecule has 0 unspecified atom stereocenters. The van der Waals surface area contributed by atoms with Crippen molar-refractivity contribution in [3.05, 3.63) is 63.6 Å². The second-order valence-electron chi connectivity index (χ2n) is 4.19. The summed E-state index contributed by atoms with van der Waals surface area (Å²) in [6.07, 6.45) is 1.54. The summed E-state index contributed by atoms with van der Waals surface area (Å²) in [4.78, 5) is 11.9. The minimum Gasteiger partial charge on any atom is -0.507 e. The number of hydrogen-bond donors (Lipinski definition) is 2. The molecule has 0 saturated carbocycles. The highest BCUT2D eigenvalue weighted by atomic mass is 79.9. The fraction of sp³-hybridized carbons (Fsp3) is 0.0667. The molecule has 1 amide bonds. The first-order valence-corrected chi connectivity index (χ1v) is 6.75. The molecule has 4 nitrogen and oxygen atoms in total. The number of phenolic OH excluding ortho intramolecular Hbond substituents is 1. The van der Waals surface area contributed by atoms with Crippen molar-refractivity contribution in [1.29, 1.82) is 0 Å². The molecule has 0 fully saturated rings. The van der Waals surface area contributed by atoms with Gasteiger partial charge in [0.25, 0.3) is 5.91 Å². The van der Waals surface area contributed by atoms with Crippen molar-refractivity contribution in [2.45, 2.75) is 6.92 Å². The van der Waals surface area contributed by atoms with Crippen LogP contribution in [0, 0.1) is 6.92 Å². The van der Waals surface area contributed by atoms with E-state index >= 15 is 0 Å². The van der Waals surface area contributed by atoms with Crippen LogP contribution in [0.5, 0.6) is 5.75 Å². The highest BCUT2D eigenvalue weighted by Gasteiger charge is 2.11. The van der Waals surface area contributed by atoms with Crippen molar-refractivity contribution in [3.8, 4) is 5.75 Å². The minimum atomic E-state index is -0.450. The molecule has 0 aliphatic heterocycles. The molecule has 102 valence electrons. The van der Waals surface area contributed by atoms with Gasteiger partial charge in [0.15, 0.2) is 0 Å². The number of aryl methyl sites for hydroxylation is 1. The van der Waals surface area contributed by atoms with Crippen LogP contribution < -0.4 is 5.43 Å². The number of carbonyl (C=O) groups excluding carboxylic acids is 1. The van der Waals surface area contributed by atoms with Crippen LogP contribution in [-0.2, 0) is 0 Å². The van der Waals surface area contributed by atoms with Gasteiger partial charge in [0, 0.05) is 10.0 Å². The summed E-state index contributed by atoms with van der Waals surface area (Å²) < 4.78 is 0.886. The molecule has 0 saturated heterocycles. The Morgan fingerprint density at radius 2 is 2.00 bits per heavy atom. The lowest BCUT2D eigenvalue weighted by atomic mass is 10.1. The van der Waals surface area contributed by atoms with E-state index in [9.17, 15) is 9.90 Å². The van der Waals surface area contributed by atoms with Gasteiger partial charge in [-0.25, -0.2) is 5.43 Å². The maximum Gasteiger partial charge on any atom is 0.275 e. The third kappa shape index (κ3) is 3.24. The summed E-state index contributed by atoms with van der Waals surface area (Å²) >= 11 is 3.39. The molecule has 2 aromatic rings. The summed E-state index contributed by atoms with van der Waals surface area (Å²) in [5, 5.41) is 13.7. The Bertz CT molecular complexity index is 669. The van der Waals surface area contributed by atoms with Crippen LogP contribution in [0.3, 0.4) is 0 Å². The lowest BCUT2D eigenvalue weighted by Crippen LogP contribution is -2.17. The van der Waals surface area contributed by atoms with Crippen LogP contribution in [0.1, 0.15) is 21.5 Å². The first kappa shape index (κ1) is 14.3. The number of phenols is 1. The van der Waals surface area contributed by atoms with Gasteiger partial charge in [0.2, 0.25) is 0 Å². The summed E-state index contributed by atoms with van der Waals surface area (Å²) in [5.74, 6) is -0.476. The maximum absolute atomic E-state index is 11.9. The highest BCUT2D eigenvalue weighted by Crippen LogP contribution is 2.21. The molecule has 0 aromatic heterocycles. The molecule has 0 aliphatic carbocycles. The third-order valence-corrected chi connectivity index (χ3v) is 3.48. The van der Waals surface area contributed by atoms with Gasteiger partial charge in [-0.05, 0) is 24.6 Å². The monoisotopic (exact) mass is 332 g/mol. The number of halogens is 1. The number of aromatic hydroxyl groups is 1. The molecule has 0 atom stereocenters. The van der Waals surface area contributed by atoms with Gasteiger partial charge in [0.1, 0.15) is 5.75 Å². The number of hydrazone groups is 1. The quantitative estimate of drug-likeness (QED) is 0.669. The zero-order valence-corrected chi connectivity index (χ0v) is 12.4. The molecule has 0 aliphatic rings. The molecule has 5 heteroatoms. The summed E-state index contributed by atoms with van der Waals surface area (Å²) in [5.41, 5.74) is 4.09.